The normalized spacial score (nSPS) is 21.4. The molecule has 0 bridgehead atoms. The SMILES string of the molecule is CC[N+]1(C(C)C(=O)NC)CCCCCC1.[Y]. The summed E-state index contributed by atoms with van der Waals surface area (Å²) in [6.07, 6.45) is 5.21. The molecule has 1 aliphatic heterocycles. The maximum Gasteiger partial charge on any atom is 0.277 e. The zero-order chi connectivity index (χ0) is 11.3. The van der Waals surface area contributed by atoms with E-state index >= 15 is 0 Å². The van der Waals surface area contributed by atoms with Crippen LogP contribution in [-0.2, 0) is 37.5 Å². The van der Waals surface area contributed by atoms with E-state index in [0.717, 1.165) is 11.0 Å². The number of carbonyl (C=O) groups excluding carboxylic acids is 1. The summed E-state index contributed by atoms with van der Waals surface area (Å²) in [5.74, 6) is 0.193. The summed E-state index contributed by atoms with van der Waals surface area (Å²) in [7, 11) is 1.74. The molecule has 1 fully saturated rings. The van der Waals surface area contributed by atoms with Crippen LogP contribution in [0, 0.1) is 0 Å². The van der Waals surface area contributed by atoms with Gasteiger partial charge in [-0.15, -0.1) is 0 Å². The number of nitrogens with zero attached hydrogens (tertiary/aromatic N) is 1. The van der Waals surface area contributed by atoms with Gasteiger partial charge in [0.2, 0.25) is 0 Å². The van der Waals surface area contributed by atoms with E-state index in [1.165, 1.54) is 38.8 Å². The van der Waals surface area contributed by atoms with Crippen LogP contribution in [0.15, 0.2) is 0 Å². The zero-order valence-electron chi connectivity index (χ0n) is 11.0. The van der Waals surface area contributed by atoms with Crippen LogP contribution < -0.4 is 5.32 Å². The first kappa shape index (κ1) is 16.5. The Morgan fingerprint density at radius 2 is 1.75 bits per heavy atom. The molecule has 1 aliphatic rings. The van der Waals surface area contributed by atoms with Gasteiger partial charge < -0.3 is 9.80 Å². The van der Waals surface area contributed by atoms with E-state index < -0.39 is 0 Å². The molecule has 16 heavy (non-hydrogen) atoms. The summed E-state index contributed by atoms with van der Waals surface area (Å²) in [5, 5.41) is 2.79. The second-order valence-corrected chi connectivity index (χ2v) is 4.69. The molecule has 0 aromatic rings. The molecule has 1 atom stereocenters. The summed E-state index contributed by atoms with van der Waals surface area (Å²) in [6, 6.07) is 0.109. The molecule has 0 spiro atoms. The van der Waals surface area contributed by atoms with Gasteiger partial charge in [-0.1, -0.05) is 0 Å². The predicted molar refractivity (Wildman–Crippen MR) is 62.5 cm³/mol. The van der Waals surface area contributed by atoms with Crippen molar-refractivity contribution in [3.63, 3.8) is 0 Å². The van der Waals surface area contributed by atoms with E-state index in [9.17, 15) is 4.79 Å². The number of amides is 1. The van der Waals surface area contributed by atoms with Crippen molar-refractivity contribution < 1.29 is 42.0 Å². The van der Waals surface area contributed by atoms with Crippen LogP contribution in [0.3, 0.4) is 0 Å². The van der Waals surface area contributed by atoms with Crippen molar-refractivity contribution in [1.29, 1.82) is 0 Å². The van der Waals surface area contributed by atoms with E-state index in [4.69, 9.17) is 0 Å². The quantitative estimate of drug-likeness (QED) is 0.787. The number of quaternary nitrogens is 1. The van der Waals surface area contributed by atoms with Crippen LogP contribution in [0.5, 0.6) is 0 Å². The van der Waals surface area contributed by atoms with Crippen molar-refractivity contribution >= 4 is 5.91 Å². The Bertz CT molecular complexity index is 213. The average Bonchev–Trinajstić information content (AvgIpc) is 2.53. The number of likely N-dealkylation sites (N-methyl/N-ethyl adjacent to an activating group) is 2. The summed E-state index contributed by atoms with van der Waals surface area (Å²) >= 11 is 0. The second-order valence-electron chi connectivity index (χ2n) is 4.69. The molecule has 1 saturated heterocycles. The van der Waals surface area contributed by atoms with Crippen LogP contribution in [0.2, 0.25) is 0 Å². The minimum absolute atomic E-state index is 0. The third-order valence-corrected chi connectivity index (χ3v) is 4.03. The first-order valence-electron chi connectivity index (χ1n) is 6.23. The van der Waals surface area contributed by atoms with Crippen molar-refractivity contribution in [1.82, 2.24) is 5.32 Å². The molecule has 3 nitrogen and oxygen atoms in total. The van der Waals surface area contributed by atoms with Crippen molar-refractivity contribution in [3.05, 3.63) is 0 Å². The molecule has 1 radical (unpaired) electrons. The molecule has 4 heteroatoms. The predicted octanol–water partition coefficient (Wildman–Crippen LogP) is 1.53. The fraction of sp³-hybridized carbons (Fsp3) is 0.917. The molecule has 0 aromatic heterocycles. The Hall–Kier alpha value is 0.534. The number of nitrogens with one attached hydrogen (secondary N) is 1. The van der Waals surface area contributed by atoms with Gasteiger partial charge in [0.15, 0.2) is 6.04 Å². The zero-order valence-corrected chi connectivity index (χ0v) is 13.8. The molecule has 1 amide bonds. The average molecular weight is 302 g/mol. The number of carbonyl (C=O) groups is 1. The van der Waals surface area contributed by atoms with Gasteiger partial charge in [-0.05, 0) is 39.5 Å². The van der Waals surface area contributed by atoms with Crippen LogP contribution in [0.4, 0.5) is 0 Å². The van der Waals surface area contributed by atoms with Gasteiger partial charge in [0, 0.05) is 39.8 Å². The molecule has 0 aromatic carbocycles. The molecular formula is C12H25N2OY+. The maximum atomic E-state index is 11.8. The van der Waals surface area contributed by atoms with Crippen LogP contribution in [-0.4, -0.2) is 43.1 Å². The van der Waals surface area contributed by atoms with E-state index in [0.29, 0.717) is 0 Å². The van der Waals surface area contributed by atoms with Gasteiger partial charge in [-0.3, -0.25) is 4.79 Å². The van der Waals surface area contributed by atoms with Gasteiger partial charge in [0.25, 0.3) is 5.91 Å². The van der Waals surface area contributed by atoms with E-state index in [1.54, 1.807) is 7.05 Å². The number of hydrogen-bond acceptors (Lipinski definition) is 1. The minimum atomic E-state index is 0. The third-order valence-electron chi connectivity index (χ3n) is 4.03. The summed E-state index contributed by atoms with van der Waals surface area (Å²) in [4.78, 5) is 11.8. The minimum Gasteiger partial charge on any atom is -0.354 e. The van der Waals surface area contributed by atoms with Gasteiger partial charge in [-0.2, -0.15) is 0 Å². The summed E-state index contributed by atoms with van der Waals surface area (Å²) < 4.78 is 0.986. The number of likely N-dealkylation sites (tertiary alicyclic amines) is 1. The van der Waals surface area contributed by atoms with Gasteiger partial charge >= 0.3 is 0 Å². The topological polar surface area (TPSA) is 29.1 Å². The van der Waals surface area contributed by atoms with Crippen LogP contribution in [0.1, 0.15) is 39.5 Å². The molecule has 1 N–H and O–H groups in total. The Labute approximate surface area is 125 Å². The van der Waals surface area contributed by atoms with Crippen LogP contribution in [0.25, 0.3) is 0 Å². The number of rotatable bonds is 3. The molecule has 1 rings (SSSR count). The van der Waals surface area contributed by atoms with Crippen LogP contribution >= 0.6 is 0 Å². The van der Waals surface area contributed by atoms with Crippen molar-refractivity contribution in [2.24, 2.45) is 0 Å². The second kappa shape index (κ2) is 7.78. The van der Waals surface area contributed by atoms with Crippen molar-refractivity contribution in [3.8, 4) is 0 Å². The first-order valence-corrected chi connectivity index (χ1v) is 6.23. The molecule has 1 unspecified atom stereocenters. The fourth-order valence-corrected chi connectivity index (χ4v) is 2.75. The van der Waals surface area contributed by atoms with E-state index in [-0.39, 0.29) is 44.7 Å². The molecule has 0 aliphatic carbocycles. The summed E-state index contributed by atoms with van der Waals surface area (Å²) in [5.41, 5.74) is 0. The van der Waals surface area contributed by atoms with Gasteiger partial charge in [-0.25, -0.2) is 0 Å². The largest absolute Gasteiger partial charge is 0.354 e. The fourth-order valence-electron chi connectivity index (χ4n) is 2.75. The van der Waals surface area contributed by atoms with Crippen molar-refractivity contribution in [2.75, 3.05) is 26.7 Å². The molecule has 91 valence electrons. The smallest absolute Gasteiger partial charge is 0.277 e. The van der Waals surface area contributed by atoms with E-state index in [1.807, 2.05) is 0 Å². The Morgan fingerprint density at radius 3 is 2.12 bits per heavy atom. The molecule has 1 heterocycles. The van der Waals surface area contributed by atoms with E-state index in [2.05, 4.69) is 19.2 Å². The number of hydrogen-bond donors (Lipinski definition) is 1. The monoisotopic (exact) mass is 302 g/mol. The Balaban J connectivity index is 0.00000225. The first-order chi connectivity index (χ1) is 7.16. The maximum absolute atomic E-state index is 11.8. The van der Waals surface area contributed by atoms with Gasteiger partial charge in [0.05, 0.1) is 19.6 Å². The molecule has 0 saturated carbocycles. The Kier molecular flexibility index (Phi) is 8.04. The standard InChI is InChI=1S/C12H24N2O.Y/c1-4-14(11(2)12(15)13-3)9-7-5-6-8-10-14;/h11H,4-10H2,1-3H3;/p+1. The molecular weight excluding hydrogens is 277 g/mol. The summed E-state index contributed by atoms with van der Waals surface area (Å²) in [6.45, 7) is 7.71. The third kappa shape index (κ3) is 3.78. The Morgan fingerprint density at radius 1 is 1.25 bits per heavy atom. The van der Waals surface area contributed by atoms with Gasteiger partial charge in [0.1, 0.15) is 0 Å². The van der Waals surface area contributed by atoms with Crippen molar-refractivity contribution in [2.45, 2.75) is 45.6 Å².